The van der Waals surface area contributed by atoms with Gasteiger partial charge in [0.2, 0.25) is 82.7 Å². The first kappa shape index (κ1) is 77.1. The number of nitrogens with one attached hydrogen (secondary N) is 11. The average Bonchev–Trinajstić information content (AvgIpc) is 1.82. The van der Waals surface area contributed by atoms with Crippen LogP contribution >= 0.6 is 0 Å². The fourth-order valence-corrected chi connectivity index (χ4v) is 9.28. The van der Waals surface area contributed by atoms with Gasteiger partial charge < -0.3 is 107 Å². The molecule has 0 aliphatic carbocycles. The molecular weight excluding hydrogens is 1220 g/mol. The van der Waals surface area contributed by atoms with Crippen molar-refractivity contribution in [3.8, 4) is 11.5 Å². The van der Waals surface area contributed by atoms with Crippen molar-refractivity contribution in [1.29, 1.82) is 0 Å². The predicted molar refractivity (Wildman–Crippen MR) is 330 cm³/mol. The Morgan fingerprint density at radius 3 is 1.44 bits per heavy atom. The van der Waals surface area contributed by atoms with E-state index in [-0.39, 0.29) is 81.4 Å². The Bertz CT molecular complexity index is 3020. The quantitative estimate of drug-likeness (QED) is 0.0170. The fraction of sp³-hybridized carbons (Fsp3) is 0.534. The molecule has 0 aromatic heterocycles. The fourth-order valence-electron chi connectivity index (χ4n) is 9.28. The first-order valence-corrected chi connectivity index (χ1v) is 29.7. The number of carbonyl (C=O) groups is 14. The van der Waals surface area contributed by atoms with Crippen LogP contribution in [-0.2, 0) is 80.0 Å². The lowest BCUT2D eigenvalue weighted by atomic mass is 10.0. The standard InChI is InChI=1S/C58H87N17O18/c1-28(2)21-38(68-32(6)78)53(89)72-40(23-34-13-17-36(80)18-14-34)55(91)70-37(9-7-19-63-58(61)62)51(87)66-31(5)49(85)71-41(24-45(59)81)52(88)67-29(3)48(84)65-30(4)50(86)74-43(27-77)57(93)75-20-8-10-44(75)56(92)64-25-46(82)69-39(22-33-11-15-35(79)16-12-33)54(90)73-42(26-76)47(60)83/h11-18,28-31,37-44,76-77,79-80H,7-10,19-27H2,1-6H3,(H2,59,81)(H2,60,83)(H,64,92)(H,65,84)(H,66,87)(H,67,88)(H,68,78)(H,69,82)(H,70,91)(H,71,85)(H,72,89)(H,73,90)(H,74,86)(H4,61,62,63)/t29-,30-,31-,37-,38-,39-,40-,41-,42-,43-,44-/m0/s1. The second-order valence-corrected chi connectivity index (χ2v) is 22.5. The third kappa shape index (κ3) is 26.7. The van der Waals surface area contributed by atoms with Crippen molar-refractivity contribution >= 4 is 88.7 Å². The van der Waals surface area contributed by atoms with Gasteiger partial charge in [-0.2, -0.15) is 0 Å². The van der Waals surface area contributed by atoms with Gasteiger partial charge in [0.25, 0.3) is 0 Å². The number of amides is 14. The predicted octanol–water partition coefficient (Wildman–Crippen LogP) is -7.64. The van der Waals surface area contributed by atoms with Gasteiger partial charge in [-0.1, -0.05) is 38.1 Å². The van der Waals surface area contributed by atoms with E-state index in [1.165, 1.54) is 76.2 Å². The largest absolute Gasteiger partial charge is 0.508 e. The van der Waals surface area contributed by atoms with E-state index in [0.29, 0.717) is 11.1 Å². The zero-order valence-corrected chi connectivity index (χ0v) is 52.4. The number of guanidine groups is 1. The number of nitrogens with zero attached hydrogens (tertiary/aromatic N) is 2. The number of benzene rings is 2. The van der Waals surface area contributed by atoms with Crippen LogP contribution in [0.5, 0.6) is 11.5 Å². The van der Waals surface area contributed by atoms with Gasteiger partial charge in [0, 0.05) is 32.9 Å². The molecule has 1 heterocycles. The molecule has 23 N–H and O–H groups in total. The Labute approximate surface area is 535 Å². The summed E-state index contributed by atoms with van der Waals surface area (Å²) in [5, 5.41) is 65.8. The number of rotatable bonds is 37. The molecule has 1 fully saturated rings. The number of aliphatic imine (C=N–C) groups is 1. The van der Waals surface area contributed by atoms with Gasteiger partial charge in [-0.15, -0.1) is 0 Å². The molecule has 0 saturated carbocycles. The lowest BCUT2D eigenvalue weighted by Crippen LogP contribution is -2.60. The summed E-state index contributed by atoms with van der Waals surface area (Å²) in [5.74, 6) is -13.4. The van der Waals surface area contributed by atoms with Crippen molar-refractivity contribution in [3.05, 3.63) is 59.7 Å². The van der Waals surface area contributed by atoms with Crippen LogP contribution in [0, 0.1) is 5.92 Å². The van der Waals surface area contributed by atoms with Crippen LogP contribution in [0.15, 0.2) is 53.5 Å². The van der Waals surface area contributed by atoms with Crippen LogP contribution in [0.4, 0.5) is 0 Å². The molecule has 0 radical (unpaired) electrons. The first-order valence-electron chi connectivity index (χ1n) is 29.7. The molecule has 2 aromatic rings. The number of hydrogen-bond acceptors (Lipinski definition) is 19. The zero-order chi connectivity index (χ0) is 69.8. The van der Waals surface area contributed by atoms with E-state index in [2.05, 4.69) is 63.5 Å². The number of carbonyl (C=O) groups excluding carboxylic acids is 14. The molecule has 11 atom stereocenters. The minimum absolute atomic E-state index is 0.00784. The highest BCUT2D eigenvalue weighted by Gasteiger charge is 2.39. The molecule has 1 aliphatic heterocycles. The van der Waals surface area contributed by atoms with Gasteiger partial charge in [0.05, 0.1) is 26.2 Å². The molecular formula is C58H87N17O18. The van der Waals surface area contributed by atoms with Crippen molar-refractivity contribution in [2.24, 2.45) is 33.8 Å². The van der Waals surface area contributed by atoms with Gasteiger partial charge in [0.1, 0.15) is 78.0 Å². The SMILES string of the molecule is CC(=O)N[C@@H](CC(C)C)C(=O)N[C@@H](Cc1ccc(O)cc1)C(=O)N[C@@H](CCCN=C(N)N)C(=O)N[C@@H](C)C(=O)N[C@@H](CC(N)=O)C(=O)N[C@@H](C)C(=O)N[C@@H](C)C(=O)N[C@@H](CO)C(=O)N1CCC[C@H]1C(=O)NCC(=O)N[C@@H](Cc1ccc(O)cc1)C(=O)N[C@@H](CO)C(N)=O. The second kappa shape index (κ2) is 37.8. The van der Waals surface area contributed by atoms with Crippen molar-refractivity contribution in [2.75, 3.05) is 32.8 Å². The first-order chi connectivity index (χ1) is 43.7. The van der Waals surface area contributed by atoms with Crippen LogP contribution in [-0.4, -0.2) is 213 Å². The summed E-state index contributed by atoms with van der Waals surface area (Å²) >= 11 is 0. The van der Waals surface area contributed by atoms with Crippen LogP contribution in [0.1, 0.15) is 91.2 Å². The summed E-state index contributed by atoms with van der Waals surface area (Å²) in [6.07, 6.45) is -0.626. The number of primary amides is 2. The molecule has 0 bridgehead atoms. The number of likely N-dealkylation sites (tertiary alicyclic amines) is 1. The van der Waals surface area contributed by atoms with E-state index in [0.717, 1.165) is 4.90 Å². The van der Waals surface area contributed by atoms with Gasteiger partial charge >= 0.3 is 0 Å². The van der Waals surface area contributed by atoms with Gasteiger partial charge in [0.15, 0.2) is 5.96 Å². The van der Waals surface area contributed by atoms with E-state index in [1.54, 1.807) is 0 Å². The second-order valence-electron chi connectivity index (χ2n) is 22.5. The van der Waals surface area contributed by atoms with Crippen molar-refractivity contribution in [3.63, 3.8) is 0 Å². The molecule has 93 heavy (non-hydrogen) atoms. The van der Waals surface area contributed by atoms with Crippen LogP contribution in [0.25, 0.3) is 0 Å². The Morgan fingerprint density at radius 1 is 0.538 bits per heavy atom. The number of hydrogen-bond donors (Lipinski definition) is 19. The molecule has 3 rings (SSSR count). The lowest BCUT2D eigenvalue weighted by Gasteiger charge is -2.29. The van der Waals surface area contributed by atoms with E-state index in [9.17, 15) is 87.5 Å². The van der Waals surface area contributed by atoms with Crippen molar-refractivity contribution in [1.82, 2.24) is 63.4 Å². The monoisotopic (exact) mass is 1310 g/mol. The van der Waals surface area contributed by atoms with Crippen LogP contribution in [0.3, 0.4) is 0 Å². The number of phenolic OH excluding ortho intramolecular Hbond substituents is 2. The van der Waals surface area contributed by atoms with E-state index < -0.39 is 175 Å². The summed E-state index contributed by atoms with van der Waals surface area (Å²) < 4.78 is 0. The maximum atomic E-state index is 14.1. The highest BCUT2D eigenvalue weighted by Crippen LogP contribution is 2.20. The average molecular weight is 1310 g/mol. The van der Waals surface area contributed by atoms with E-state index in [1.807, 2.05) is 13.8 Å². The molecule has 0 unspecified atom stereocenters. The normalized spacial score (nSPS) is 15.8. The highest BCUT2D eigenvalue weighted by atomic mass is 16.3. The Morgan fingerprint density at radius 2 is 0.968 bits per heavy atom. The number of aliphatic hydroxyl groups excluding tert-OH is 2. The summed E-state index contributed by atoms with van der Waals surface area (Å²) in [6, 6.07) is -4.53. The third-order valence-corrected chi connectivity index (χ3v) is 14.2. The topological polar surface area (TPSA) is 572 Å². The van der Waals surface area contributed by atoms with Crippen LogP contribution in [0.2, 0.25) is 0 Å². The number of nitrogens with two attached hydrogens (primary N) is 4. The van der Waals surface area contributed by atoms with Gasteiger partial charge in [-0.05, 0) is 94.2 Å². The molecule has 1 aliphatic rings. The van der Waals surface area contributed by atoms with E-state index >= 15 is 0 Å². The maximum absolute atomic E-state index is 14.1. The van der Waals surface area contributed by atoms with Crippen molar-refractivity contribution in [2.45, 2.75) is 159 Å². The van der Waals surface area contributed by atoms with Gasteiger partial charge in [-0.25, -0.2) is 0 Å². The van der Waals surface area contributed by atoms with Gasteiger partial charge in [-0.3, -0.25) is 72.1 Å². The number of aliphatic hydroxyl groups is 2. The summed E-state index contributed by atoms with van der Waals surface area (Å²) in [7, 11) is 0. The molecule has 35 heteroatoms. The Kier molecular flexibility index (Phi) is 31.4. The summed E-state index contributed by atoms with van der Waals surface area (Å²) in [5.41, 5.74) is 22.5. The third-order valence-electron chi connectivity index (χ3n) is 14.2. The van der Waals surface area contributed by atoms with Crippen LogP contribution < -0.4 is 81.4 Å². The molecule has 2 aromatic carbocycles. The smallest absolute Gasteiger partial charge is 0.248 e. The number of aromatic hydroxyl groups is 2. The zero-order valence-electron chi connectivity index (χ0n) is 52.4. The molecule has 0 spiro atoms. The number of phenols is 2. The maximum Gasteiger partial charge on any atom is 0.248 e. The summed E-state index contributed by atoms with van der Waals surface area (Å²) in [6.45, 7) is 5.86. The minimum Gasteiger partial charge on any atom is -0.508 e. The summed E-state index contributed by atoms with van der Waals surface area (Å²) in [4.78, 5) is 190. The lowest BCUT2D eigenvalue weighted by molar-refractivity contribution is -0.143. The Balaban J connectivity index is 1.66. The van der Waals surface area contributed by atoms with E-state index in [4.69, 9.17) is 22.9 Å². The molecule has 14 amide bonds. The Hall–Kier alpha value is -10.2. The minimum atomic E-state index is -1.77. The molecule has 35 nitrogen and oxygen atoms in total. The molecule has 512 valence electrons. The highest BCUT2D eigenvalue weighted by molar-refractivity contribution is 6.00. The molecule has 1 saturated heterocycles. The van der Waals surface area contributed by atoms with Crippen molar-refractivity contribution < 1.29 is 87.5 Å².